The highest BCUT2D eigenvalue weighted by molar-refractivity contribution is 5.80. The highest BCUT2D eigenvalue weighted by atomic mass is 19.4. The Balaban J connectivity index is 1.74. The Morgan fingerprint density at radius 1 is 1.35 bits per heavy atom. The Morgan fingerprint density at radius 2 is 2.12 bits per heavy atom. The molecule has 1 aliphatic heterocycles. The molecule has 1 aromatic carbocycles. The van der Waals surface area contributed by atoms with Crippen LogP contribution in [0.4, 0.5) is 13.2 Å². The molecule has 2 N–H and O–H groups in total. The van der Waals surface area contributed by atoms with Crippen LogP contribution in [0.15, 0.2) is 24.3 Å². The van der Waals surface area contributed by atoms with Gasteiger partial charge in [-0.3, -0.25) is 4.79 Å². The van der Waals surface area contributed by atoms with Gasteiger partial charge in [-0.1, -0.05) is 25.0 Å². The number of hydrogen-bond acceptors (Lipinski definition) is 3. The summed E-state index contributed by atoms with van der Waals surface area (Å²) >= 11 is 0. The second-order valence-electron chi connectivity index (χ2n) is 7.57. The van der Waals surface area contributed by atoms with Gasteiger partial charge in [0.2, 0.25) is 5.91 Å². The van der Waals surface area contributed by atoms with Crippen LogP contribution >= 0.6 is 0 Å². The lowest BCUT2D eigenvalue weighted by molar-refractivity contribution is -0.147. The van der Waals surface area contributed by atoms with Crippen molar-refractivity contribution in [2.45, 2.75) is 50.4 Å². The fourth-order valence-corrected chi connectivity index (χ4v) is 3.95. The summed E-state index contributed by atoms with van der Waals surface area (Å²) in [5.41, 5.74) is 5.55. The maximum atomic E-state index is 13.0. The van der Waals surface area contributed by atoms with E-state index in [4.69, 9.17) is 10.5 Å². The summed E-state index contributed by atoms with van der Waals surface area (Å²) in [4.78, 5) is 14.7. The van der Waals surface area contributed by atoms with Crippen LogP contribution in [0.1, 0.15) is 49.8 Å². The standard InChI is InChI=1S/C19H25F3N2O2/c1-18(23)8-3-2-7-15(18)17(25)24-9-10-26-16(12-24)13-5-4-6-14(11-13)19(20,21)22/h4-6,11,15-16H,2-3,7-10,12,23H2,1H3. The fourth-order valence-electron chi connectivity index (χ4n) is 3.95. The third-order valence-electron chi connectivity index (χ3n) is 5.52. The molecule has 0 bridgehead atoms. The number of rotatable bonds is 2. The van der Waals surface area contributed by atoms with Crippen LogP contribution in [-0.4, -0.2) is 36.0 Å². The lowest BCUT2D eigenvalue weighted by Gasteiger charge is -2.42. The number of hydrogen-bond donors (Lipinski definition) is 1. The Labute approximate surface area is 151 Å². The third kappa shape index (κ3) is 4.04. The Morgan fingerprint density at radius 3 is 2.81 bits per heavy atom. The summed E-state index contributed by atoms with van der Waals surface area (Å²) in [5.74, 6) is -0.244. The Kier molecular flexibility index (Phi) is 5.30. The number of halogens is 3. The first kappa shape index (κ1) is 19.2. The highest BCUT2D eigenvalue weighted by Gasteiger charge is 2.41. The van der Waals surface area contributed by atoms with E-state index in [1.54, 1.807) is 11.0 Å². The summed E-state index contributed by atoms with van der Waals surface area (Å²) in [6.45, 7) is 2.92. The zero-order valence-corrected chi connectivity index (χ0v) is 14.9. The van der Waals surface area contributed by atoms with E-state index in [0.717, 1.165) is 37.8 Å². The van der Waals surface area contributed by atoms with Crippen LogP contribution in [0.3, 0.4) is 0 Å². The molecular weight excluding hydrogens is 345 g/mol. The van der Waals surface area contributed by atoms with Crippen molar-refractivity contribution in [2.75, 3.05) is 19.7 Å². The van der Waals surface area contributed by atoms with E-state index in [1.165, 1.54) is 6.07 Å². The molecule has 1 saturated carbocycles. The maximum Gasteiger partial charge on any atom is 0.416 e. The Hall–Kier alpha value is -1.60. The van der Waals surface area contributed by atoms with E-state index >= 15 is 0 Å². The number of amides is 1. The van der Waals surface area contributed by atoms with Gasteiger partial charge in [0, 0.05) is 12.1 Å². The number of carbonyl (C=O) groups excluding carboxylic acids is 1. The van der Waals surface area contributed by atoms with Gasteiger partial charge in [0.1, 0.15) is 6.10 Å². The molecule has 4 nitrogen and oxygen atoms in total. The number of nitrogens with zero attached hydrogens (tertiary/aromatic N) is 1. The number of carbonyl (C=O) groups is 1. The minimum atomic E-state index is -4.40. The van der Waals surface area contributed by atoms with Gasteiger partial charge in [-0.2, -0.15) is 13.2 Å². The molecule has 2 aliphatic rings. The van der Waals surface area contributed by atoms with Crippen LogP contribution in [0.2, 0.25) is 0 Å². The van der Waals surface area contributed by atoms with Crippen molar-refractivity contribution in [3.8, 4) is 0 Å². The van der Waals surface area contributed by atoms with Gasteiger partial charge in [0.25, 0.3) is 0 Å². The first-order valence-corrected chi connectivity index (χ1v) is 9.05. The zero-order chi connectivity index (χ0) is 18.9. The number of morpholine rings is 1. The maximum absolute atomic E-state index is 13.0. The fraction of sp³-hybridized carbons (Fsp3) is 0.632. The minimum absolute atomic E-state index is 0.00465. The summed E-state index contributed by atoms with van der Waals surface area (Å²) < 4.78 is 44.5. The van der Waals surface area contributed by atoms with Crippen LogP contribution in [0.5, 0.6) is 0 Å². The van der Waals surface area contributed by atoms with Crippen LogP contribution in [0, 0.1) is 5.92 Å². The van der Waals surface area contributed by atoms with Gasteiger partial charge in [-0.15, -0.1) is 0 Å². The summed E-state index contributed by atoms with van der Waals surface area (Å²) in [7, 11) is 0. The molecule has 1 aromatic rings. The quantitative estimate of drug-likeness (QED) is 0.867. The molecule has 3 unspecified atom stereocenters. The van der Waals surface area contributed by atoms with E-state index in [-0.39, 0.29) is 18.4 Å². The molecule has 1 amide bonds. The molecule has 1 saturated heterocycles. The highest BCUT2D eigenvalue weighted by Crippen LogP contribution is 2.35. The molecule has 7 heteroatoms. The lowest BCUT2D eigenvalue weighted by Crippen LogP contribution is -2.55. The monoisotopic (exact) mass is 370 g/mol. The van der Waals surface area contributed by atoms with Crippen molar-refractivity contribution in [3.63, 3.8) is 0 Å². The predicted molar refractivity (Wildman–Crippen MR) is 91.3 cm³/mol. The number of benzene rings is 1. The number of alkyl halides is 3. The molecule has 2 fully saturated rings. The first-order valence-electron chi connectivity index (χ1n) is 9.05. The second-order valence-corrected chi connectivity index (χ2v) is 7.57. The van der Waals surface area contributed by atoms with E-state index in [0.29, 0.717) is 18.7 Å². The van der Waals surface area contributed by atoms with Gasteiger partial charge >= 0.3 is 6.18 Å². The lowest BCUT2D eigenvalue weighted by atomic mass is 9.74. The van der Waals surface area contributed by atoms with Gasteiger partial charge in [-0.25, -0.2) is 0 Å². The van der Waals surface area contributed by atoms with Gasteiger partial charge < -0.3 is 15.4 Å². The van der Waals surface area contributed by atoms with Crippen LogP contribution < -0.4 is 5.73 Å². The first-order chi connectivity index (χ1) is 12.2. The zero-order valence-electron chi connectivity index (χ0n) is 14.9. The third-order valence-corrected chi connectivity index (χ3v) is 5.52. The molecule has 1 aliphatic carbocycles. The van der Waals surface area contributed by atoms with Crippen molar-refractivity contribution in [3.05, 3.63) is 35.4 Å². The van der Waals surface area contributed by atoms with Gasteiger partial charge in [-0.05, 0) is 37.5 Å². The van der Waals surface area contributed by atoms with Crippen LogP contribution in [-0.2, 0) is 15.7 Å². The molecule has 3 atom stereocenters. The molecule has 26 heavy (non-hydrogen) atoms. The molecular formula is C19H25F3N2O2. The van der Waals surface area contributed by atoms with Crippen molar-refractivity contribution in [1.82, 2.24) is 4.90 Å². The largest absolute Gasteiger partial charge is 0.416 e. The summed E-state index contributed by atoms with van der Waals surface area (Å²) in [6, 6.07) is 5.13. The van der Waals surface area contributed by atoms with Crippen molar-refractivity contribution in [1.29, 1.82) is 0 Å². The summed E-state index contributed by atoms with van der Waals surface area (Å²) in [5, 5.41) is 0. The predicted octanol–water partition coefficient (Wildman–Crippen LogP) is 3.51. The summed E-state index contributed by atoms with van der Waals surface area (Å²) in [6.07, 6.45) is -1.38. The molecule has 1 heterocycles. The normalized spacial score (nSPS) is 30.3. The van der Waals surface area contributed by atoms with Crippen molar-refractivity contribution < 1.29 is 22.7 Å². The number of ether oxygens (including phenoxy) is 1. The van der Waals surface area contributed by atoms with E-state index in [2.05, 4.69) is 0 Å². The van der Waals surface area contributed by atoms with Crippen LogP contribution in [0.25, 0.3) is 0 Å². The van der Waals surface area contributed by atoms with Crippen molar-refractivity contribution in [2.24, 2.45) is 11.7 Å². The van der Waals surface area contributed by atoms with E-state index in [9.17, 15) is 18.0 Å². The second kappa shape index (κ2) is 7.19. The molecule has 0 radical (unpaired) electrons. The topological polar surface area (TPSA) is 55.6 Å². The van der Waals surface area contributed by atoms with Crippen molar-refractivity contribution >= 4 is 5.91 Å². The van der Waals surface area contributed by atoms with Gasteiger partial charge in [0.05, 0.1) is 24.6 Å². The minimum Gasteiger partial charge on any atom is -0.370 e. The Bertz CT molecular complexity index is 660. The average Bonchev–Trinajstić information content (AvgIpc) is 2.60. The molecule has 3 rings (SSSR count). The molecule has 0 aromatic heterocycles. The SMILES string of the molecule is CC1(N)CCCCC1C(=O)N1CCOC(c2cccc(C(F)(F)F)c2)C1. The van der Waals surface area contributed by atoms with E-state index in [1.807, 2.05) is 6.92 Å². The number of nitrogens with two attached hydrogens (primary N) is 1. The smallest absolute Gasteiger partial charge is 0.370 e. The average molecular weight is 370 g/mol. The van der Waals surface area contributed by atoms with Gasteiger partial charge in [0.15, 0.2) is 0 Å². The molecule has 144 valence electrons. The van der Waals surface area contributed by atoms with E-state index < -0.39 is 23.4 Å². The molecule has 0 spiro atoms.